The molecule has 3 fully saturated rings. The van der Waals surface area contributed by atoms with Gasteiger partial charge >= 0.3 is 0 Å². The van der Waals surface area contributed by atoms with Gasteiger partial charge in [0.1, 0.15) is 23.9 Å². The second kappa shape index (κ2) is 10.5. The van der Waals surface area contributed by atoms with Gasteiger partial charge in [0.15, 0.2) is 12.6 Å². The summed E-state index contributed by atoms with van der Waals surface area (Å²) in [5.74, 6) is 0.298. The molecule has 5 unspecified atom stereocenters. The molecule has 12 atom stereocenters. The van der Waals surface area contributed by atoms with E-state index in [9.17, 15) is 15.3 Å². The van der Waals surface area contributed by atoms with Crippen LogP contribution in [0.3, 0.4) is 0 Å². The van der Waals surface area contributed by atoms with Crippen molar-refractivity contribution in [3.63, 3.8) is 0 Å². The van der Waals surface area contributed by atoms with Crippen LogP contribution >= 0.6 is 0 Å². The fraction of sp³-hybridized carbons (Fsp3) is 1.00. The van der Waals surface area contributed by atoms with Crippen LogP contribution in [-0.4, -0.2) is 95.8 Å². The molecular formula is C22H43N3O7. The summed E-state index contributed by atoms with van der Waals surface area (Å²) in [5.41, 5.74) is 11.3. The maximum atomic E-state index is 11.2. The van der Waals surface area contributed by atoms with E-state index in [2.05, 4.69) is 19.2 Å². The van der Waals surface area contributed by atoms with Crippen molar-refractivity contribution in [2.24, 2.45) is 23.3 Å². The first-order valence-electron chi connectivity index (χ1n) is 11.8. The molecule has 2 heterocycles. The highest BCUT2D eigenvalue weighted by Crippen LogP contribution is 2.34. The standard InChI is InChI=1S/C22H43N3O7/c1-10(2)14-7-6-12(23)20(30-14)31-17-11(3)8-13(24)18(15(17)26)32-21-16(27)19(25-5)22(4,28)9-29-21/h10-21,25-28H,6-9,23-24H2,1-5H3/t11-,12?,13+,14-,15?,16?,17?,18-,19?,20-,21+,22-/m0/s1. The van der Waals surface area contributed by atoms with Crippen molar-refractivity contribution in [2.75, 3.05) is 13.7 Å². The van der Waals surface area contributed by atoms with Crippen LogP contribution in [0.2, 0.25) is 0 Å². The van der Waals surface area contributed by atoms with Gasteiger partial charge in [-0.3, -0.25) is 0 Å². The molecule has 188 valence electrons. The lowest BCUT2D eigenvalue weighted by Gasteiger charge is -2.48. The lowest BCUT2D eigenvalue weighted by atomic mass is 9.80. The molecule has 2 saturated heterocycles. The molecule has 10 heteroatoms. The Kier molecular flexibility index (Phi) is 8.58. The Morgan fingerprint density at radius 3 is 2.31 bits per heavy atom. The fourth-order valence-corrected chi connectivity index (χ4v) is 5.20. The molecule has 1 saturated carbocycles. The fourth-order valence-electron chi connectivity index (χ4n) is 5.20. The molecular weight excluding hydrogens is 418 g/mol. The summed E-state index contributed by atoms with van der Waals surface area (Å²) in [4.78, 5) is 0. The van der Waals surface area contributed by atoms with Gasteiger partial charge in [0.2, 0.25) is 0 Å². The summed E-state index contributed by atoms with van der Waals surface area (Å²) in [5, 5.41) is 35.2. The number of nitrogens with two attached hydrogens (primary N) is 2. The maximum absolute atomic E-state index is 11.2. The molecule has 3 rings (SSSR count). The topological polar surface area (TPSA) is 162 Å². The summed E-state index contributed by atoms with van der Waals surface area (Å²) < 4.78 is 23.9. The predicted molar refractivity (Wildman–Crippen MR) is 117 cm³/mol. The number of hydrogen-bond donors (Lipinski definition) is 6. The van der Waals surface area contributed by atoms with Crippen LogP contribution in [0.5, 0.6) is 0 Å². The number of nitrogens with one attached hydrogen (secondary N) is 1. The Morgan fingerprint density at radius 1 is 1.03 bits per heavy atom. The van der Waals surface area contributed by atoms with Gasteiger partial charge in [-0.05, 0) is 45.1 Å². The monoisotopic (exact) mass is 461 g/mol. The van der Waals surface area contributed by atoms with Crippen LogP contribution in [0.25, 0.3) is 0 Å². The van der Waals surface area contributed by atoms with Crippen molar-refractivity contribution in [1.29, 1.82) is 0 Å². The highest BCUT2D eigenvalue weighted by Gasteiger charge is 2.50. The van der Waals surface area contributed by atoms with Gasteiger partial charge in [-0.2, -0.15) is 0 Å². The first-order valence-corrected chi connectivity index (χ1v) is 11.8. The SMILES string of the molecule is CNC1C(O)[C@@H](O[C@@H]2C(O)C(O[C@@H]3O[C@H](C(C)C)CCC3N)[C@@H](C)C[C@H]2N)OC[C@]1(C)O. The highest BCUT2D eigenvalue weighted by atomic mass is 16.7. The second-order valence-electron chi connectivity index (χ2n) is 10.4. The lowest BCUT2D eigenvalue weighted by Crippen LogP contribution is -2.67. The Morgan fingerprint density at radius 2 is 1.69 bits per heavy atom. The molecule has 0 spiro atoms. The number of hydrogen-bond acceptors (Lipinski definition) is 10. The zero-order valence-corrected chi connectivity index (χ0v) is 19.9. The molecule has 0 aromatic carbocycles. The molecule has 3 aliphatic rings. The average molecular weight is 462 g/mol. The minimum absolute atomic E-state index is 0.0318. The van der Waals surface area contributed by atoms with Gasteiger partial charge in [-0.25, -0.2) is 0 Å². The Balaban J connectivity index is 1.69. The number of aliphatic hydroxyl groups is 3. The summed E-state index contributed by atoms with van der Waals surface area (Å²) in [6.45, 7) is 7.72. The van der Waals surface area contributed by atoms with Crippen molar-refractivity contribution >= 4 is 0 Å². The van der Waals surface area contributed by atoms with Crippen molar-refractivity contribution in [3.05, 3.63) is 0 Å². The molecule has 0 radical (unpaired) electrons. The Bertz CT molecular complexity index is 610. The molecule has 10 nitrogen and oxygen atoms in total. The molecule has 0 aromatic heterocycles. The van der Waals surface area contributed by atoms with E-state index < -0.39 is 54.7 Å². The molecule has 32 heavy (non-hydrogen) atoms. The van der Waals surface area contributed by atoms with Gasteiger partial charge in [0.05, 0.1) is 30.9 Å². The molecule has 0 bridgehead atoms. The van der Waals surface area contributed by atoms with E-state index in [1.54, 1.807) is 14.0 Å². The number of likely N-dealkylation sites (N-methyl/N-ethyl adjacent to an activating group) is 1. The normalized spacial score (nSPS) is 50.5. The van der Waals surface area contributed by atoms with Gasteiger partial charge in [-0.1, -0.05) is 20.8 Å². The van der Waals surface area contributed by atoms with Crippen LogP contribution < -0.4 is 16.8 Å². The summed E-state index contributed by atoms with van der Waals surface area (Å²) >= 11 is 0. The summed E-state index contributed by atoms with van der Waals surface area (Å²) in [7, 11) is 1.65. The van der Waals surface area contributed by atoms with E-state index in [1.807, 2.05) is 6.92 Å². The Hall–Kier alpha value is -0.400. The van der Waals surface area contributed by atoms with E-state index in [4.69, 9.17) is 30.4 Å². The van der Waals surface area contributed by atoms with E-state index in [0.29, 0.717) is 12.3 Å². The molecule has 0 amide bonds. The Labute approximate surface area is 190 Å². The van der Waals surface area contributed by atoms with E-state index in [0.717, 1.165) is 12.8 Å². The largest absolute Gasteiger partial charge is 0.388 e. The summed E-state index contributed by atoms with van der Waals surface area (Å²) in [6.07, 6.45) is -3.01. The third-order valence-corrected chi connectivity index (χ3v) is 7.21. The van der Waals surface area contributed by atoms with Gasteiger partial charge in [0.25, 0.3) is 0 Å². The van der Waals surface area contributed by atoms with Crippen LogP contribution in [-0.2, 0) is 18.9 Å². The third kappa shape index (κ3) is 5.46. The van der Waals surface area contributed by atoms with Gasteiger partial charge < -0.3 is 51.1 Å². The summed E-state index contributed by atoms with van der Waals surface area (Å²) in [6, 6.07) is -1.41. The van der Waals surface area contributed by atoms with Crippen LogP contribution in [0.1, 0.15) is 47.0 Å². The predicted octanol–water partition coefficient (Wildman–Crippen LogP) is -0.971. The van der Waals surface area contributed by atoms with Crippen molar-refractivity contribution in [3.8, 4) is 0 Å². The van der Waals surface area contributed by atoms with Crippen LogP contribution in [0.4, 0.5) is 0 Å². The van der Waals surface area contributed by atoms with Crippen molar-refractivity contribution in [1.82, 2.24) is 5.32 Å². The molecule has 0 aromatic rings. The smallest absolute Gasteiger partial charge is 0.185 e. The van der Waals surface area contributed by atoms with E-state index in [-0.39, 0.29) is 24.7 Å². The number of ether oxygens (including phenoxy) is 4. The van der Waals surface area contributed by atoms with Crippen LogP contribution in [0, 0.1) is 11.8 Å². The zero-order chi connectivity index (χ0) is 23.8. The average Bonchev–Trinajstić information content (AvgIpc) is 2.71. The molecule has 2 aliphatic heterocycles. The number of rotatable bonds is 6. The maximum Gasteiger partial charge on any atom is 0.185 e. The molecule has 1 aliphatic carbocycles. The quantitative estimate of drug-likeness (QED) is 0.290. The highest BCUT2D eigenvalue weighted by molar-refractivity contribution is 5.00. The van der Waals surface area contributed by atoms with E-state index in [1.165, 1.54) is 0 Å². The van der Waals surface area contributed by atoms with Gasteiger partial charge in [-0.15, -0.1) is 0 Å². The second-order valence-corrected chi connectivity index (χ2v) is 10.4. The lowest BCUT2D eigenvalue weighted by molar-refractivity contribution is -0.310. The van der Waals surface area contributed by atoms with Crippen molar-refractivity contribution < 1.29 is 34.3 Å². The van der Waals surface area contributed by atoms with Crippen LogP contribution in [0.15, 0.2) is 0 Å². The van der Waals surface area contributed by atoms with E-state index >= 15 is 0 Å². The molecule has 8 N–H and O–H groups in total. The zero-order valence-electron chi connectivity index (χ0n) is 19.9. The minimum Gasteiger partial charge on any atom is -0.388 e. The minimum atomic E-state index is -1.26. The third-order valence-electron chi connectivity index (χ3n) is 7.21. The first-order chi connectivity index (χ1) is 15.0. The first kappa shape index (κ1) is 26.2. The van der Waals surface area contributed by atoms with Crippen molar-refractivity contribution in [2.45, 2.75) is 114 Å². The van der Waals surface area contributed by atoms with Gasteiger partial charge in [0, 0.05) is 6.04 Å². The number of aliphatic hydroxyl groups excluding tert-OH is 2.